The topological polar surface area (TPSA) is 32.3 Å². The zero-order valence-electron chi connectivity index (χ0n) is 17.3. The molecule has 0 bridgehead atoms. The van der Waals surface area contributed by atoms with E-state index in [1.54, 1.807) is 13.0 Å². The molecule has 0 aliphatic carbocycles. The van der Waals surface area contributed by atoms with Crippen LogP contribution in [-0.2, 0) is 17.6 Å². The van der Waals surface area contributed by atoms with E-state index in [0.29, 0.717) is 10.9 Å². The number of nitrogens with zero attached hydrogens (tertiary/aromatic N) is 1. The Bertz CT molecular complexity index is 855. The summed E-state index contributed by atoms with van der Waals surface area (Å²) in [6.45, 7) is 6.54. The number of benzene rings is 2. The van der Waals surface area contributed by atoms with Crippen LogP contribution in [-0.4, -0.2) is 25.5 Å². The van der Waals surface area contributed by atoms with Crippen molar-refractivity contribution in [1.82, 2.24) is 5.32 Å². The highest BCUT2D eigenvalue weighted by Gasteiger charge is 2.22. The number of carbonyl (C=O) groups excluding carboxylic acids is 1. The number of anilines is 1. The number of halogens is 2. The molecule has 1 aliphatic heterocycles. The van der Waals surface area contributed by atoms with Crippen LogP contribution in [0.5, 0.6) is 0 Å². The zero-order valence-corrected chi connectivity index (χ0v) is 18.1. The number of rotatable bonds is 9. The quantitative estimate of drug-likeness (QED) is 0.548. The summed E-state index contributed by atoms with van der Waals surface area (Å²) in [7, 11) is 0. The van der Waals surface area contributed by atoms with Gasteiger partial charge in [0.1, 0.15) is 5.82 Å². The van der Waals surface area contributed by atoms with Gasteiger partial charge in [-0.05, 0) is 79.6 Å². The Morgan fingerprint density at radius 3 is 2.79 bits per heavy atom. The van der Waals surface area contributed by atoms with Crippen LogP contribution < -0.4 is 10.2 Å². The molecule has 2 aromatic carbocycles. The Morgan fingerprint density at radius 2 is 2.03 bits per heavy atom. The molecule has 2 aromatic rings. The van der Waals surface area contributed by atoms with Gasteiger partial charge in [-0.25, -0.2) is 4.39 Å². The molecule has 3 nitrogen and oxygen atoms in total. The molecule has 0 aromatic heterocycles. The van der Waals surface area contributed by atoms with Gasteiger partial charge in [0.15, 0.2) is 0 Å². The first-order chi connectivity index (χ1) is 14.0. The Hall–Kier alpha value is -1.91. The maximum absolute atomic E-state index is 13.1. The van der Waals surface area contributed by atoms with Crippen molar-refractivity contribution in [2.75, 3.05) is 24.5 Å². The summed E-state index contributed by atoms with van der Waals surface area (Å²) in [5, 5.41) is 3.95. The average molecular weight is 417 g/mol. The molecule has 1 amide bonds. The molecule has 29 heavy (non-hydrogen) atoms. The molecule has 1 unspecified atom stereocenters. The first-order valence-electron chi connectivity index (χ1n) is 10.5. The second-order valence-electron chi connectivity index (χ2n) is 7.94. The van der Waals surface area contributed by atoms with E-state index in [2.05, 4.69) is 30.4 Å². The maximum Gasteiger partial charge on any atom is 0.223 e. The van der Waals surface area contributed by atoms with Gasteiger partial charge in [0, 0.05) is 24.2 Å². The second-order valence-corrected chi connectivity index (χ2v) is 8.35. The summed E-state index contributed by atoms with van der Waals surface area (Å²) in [4.78, 5) is 13.6. The lowest BCUT2D eigenvalue weighted by molar-refractivity contribution is -0.116. The minimum Gasteiger partial charge on any atom is -0.316 e. The third-order valence-corrected chi connectivity index (χ3v) is 6.13. The lowest BCUT2D eigenvalue weighted by Gasteiger charge is -2.17. The first kappa shape index (κ1) is 21.8. The molecular formula is C24H30ClFN2O. The SMILES string of the molecule is CC(=O)N1CCc2cc(C(C)CCCCNCCc3ccc(F)cc3Cl)ccc21. The average Bonchev–Trinajstić information content (AvgIpc) is 3.12. The molecule has 3 rings (SSSR count). The highest BCUT2D eigenvalue weighted by molar-refractivity contribution is 6.31. The Balaban J connectivity index is 1.35. The van der Waals surface area contributed by atoms with Gasteiger partial charge >= 0.3 is 0 Å². The van der Waals surface area contributed by atoms with E-state index in [9.17, 15) is 9.18 Å². The van der Waals surface area contributed by atoms with Gasteiger partial charge in [0.05, 0.1) is 0 Å². The number of hydrogen-bond acceptors (Lipinski definition) is 2. The molecule has 0 saturated carbocycles. The van der Waals surface area contributed by atoms with E-state index in [0.717, 1.165) is 56.6 Å². The van der Waals surface area contributed by atoms with Crippen molar-refractivity contribution in [3.05, 3.63) is 63.9 Å². The van der Waals surface area contributed by atoms with Crippen molar-refractivity contribution in [3.63, 3.8) is 0 Å². The summed E-state index contributed by atoms with van der Waals surface area (Å²) in [5.74, 6) is 0.351. The van der Waals surface area contributed by atoms with Crippen LogP contribution in [0.15, 0.2) is 36.4 Å². The van der Waals surface area contributed by atoms with E-state index < -0.39 is 0 Å². The van der Waals surface area contributed by atoms with Crippen LogP contribution in [0.1, 0.15) is 55.7 Å². The number of nitrogens with one attached hydrogen (secondary N) is 1. The third-order valence-electron chi connectivity index (χ3n) is 5.78. The fourth-order valence-corrected chi connectivity index (χ4v) is 4.26. The lowest BCUT2D eigenvalue weighted by atomic mass is 9.93. The second kappa shape index (κ2) is 10.2. The van der Waals surface area contributed by atoms with Crippen LogP contribution in [0, 0.1) is 5.82 Å². The molecule has 1 N–H and O–H groups in total. The number of unbranched alkanes of at least 4 members (excludes halogenated alkanes) is 1. The van der Waals surface area contributed by atoms with Crippen LogP contribution in [0.3, 0.4) is 0 Å². The molecule has 0 spiro atoms. The standard InChI is InChI=1S/C24H30ClFN2O/c1-17(20-7-9-24-21(15-20)11-14-28(24)18(2)29)5-3-4-12-27-13-10-19-6-8-22(26)16-23(19)25/h6-9,15-17,27H,3-5,10-14H2,1-2H3. The first-order valence-corrected chi connectivity index (χ1v) is 10.9. The number of hydrogen-bond donors (Lipinski definition) is 1. The summed E-state index contributed by atoms with van der Waals surface area (Å²) < 4.78 is 13.1. The molecule has 1 aliphatic rings. The van der Waals surface area contributed by atoms with Crippen molar-refractivity contribution in [3.8, 4) is 0 Å². The molecule has 0 radical (unpaired) electrons. The molecule has 0 fully saturated rings. The Kier molecular flexibility index (Phi) is 7.68. The summed E-state index contributed by atoms with van der Waals surface area (Å²) >= 11 is 6.06. The Labute approximate surface area is 178 Å². The Morgan fingerprint density at radius 1 is 1.21 bits per heavy atom. The van der Waals surface area contributed by atoms with Gasteiger partial charge < -0.3 is 10.2 Å². The minimum atomic E-state index is -0.291. The third kappa shape index (κ3) is 5.80. The molecule has 1 heterocycles. The van der Waals surface area contributed by atoms with Crippen molar-refractivity contribution in [1.29, 1.82) is 0 Å². The fourth-order valence-electron chi connectivity index (χ4n) is 3.99. The van der Waals surface area contributed by atoms with Crippen molar-refractivity contribution in [2.24, 2.45) is 0 Å². The molecule has 1 atom stereocenters. The molecule has 5 heteroatoms. The molecular weight excluding hydrogens is 387 g/mol. The lowest BCUT2D eigenvalue weighted by Crippen LogP contribution is -2.25. The monoisotopic (exact) mass is 416 g/mol. The largest absolute Gasteiger partial charge is 0.316 e. The molecule has 0 saturated heterocycles. The van der Waals surface area contributed by atoms with Gasteiger partial charge in [-0.15, -0.1) is 0 Å². The van der Waals surface area contributed by atoms with E-state index in [-0.39, 0.29) is 11.7 Å². The highest BCUT2D eigenvalue weighted by Crippen LogP contribution is 2.32. The van der Waals surface area contributed by atoms with Crippen molar-refractivity contribution >= 4 is 23.2 Å². The van der Waals surface area contributed by atoms with E-state index in [1.807, 2.05) is 4.90 Å². The van der Waals surface area contributed by atoms with Gasteiger partial charge in [-0.2, -0.15) is 0 Å². The van der Waals surface area contributed by atoms with E-state index in [1.165, 1.54) is 29.7 Å². The number of carbonyl (C=O) groups is 1. The van der Waals surface area contributed by atoms with Gasteiger partial charge in [0.2, 0.25) is 5.91 Å². The van der Waals surface area contributed by atoms with Crippen LogP contribution in [0.2, 0.25) is 5.02 Å². The number of fused-ring (bicyclic) bond motifs is 1. The highest BCUT2D eigenvalue weighted by atomic mass is 35.5. The van der Waals surface area contributed by atoms with Crippen LogP contribution >= 0.6 is 11.6 Å². The predicted molar refractivity (Wildman–Crippen MR) is 118 cm³/mol. The van der Waals surface area contributed by atoms with Gasteiger partial charge in [-0.3, -0.25) is 4.79 Å². The molecule has 156 valence electrons. The zero-order chi connectivity index (χ0) is 20.8. The summed E-state index contributed by atoms with van der Waals surface area (Å²) in [6, 6.07) is 11.2. The smallest absolute Gasteiger partial charge is 0.223 e. The maximum atomic E-state index is 13.1. The normalized spacial score (nSPS) is 14.1. The fraction of sp³-hybridized carbons (Fsp3) is 0.458. The van der Waals surface area contributed by atoms with Crippen LogP contribution in [0.4, 0.5) is 10.1 Å². The van der Waals surface area contributed by atoms with Crippen LogP contribution in [0.25, 0.3) is 0 Å². The summed E-state index contributed by atoms with van der Waals surface area (Å²) in [5.41, 5.74) is 4.73. The van der Waals surface area contributed by atoms with Crippen molar-refractivity contribution < 1.29 is 9.18 Å². The van der Waals surface area contributed by atoms with E-state index in [4.69, 9.17) is 11.6 Å². The number of amides is 1. The van der Waals surface area contributed by atoms with Gasteiger partial charge in [0.25, 0.3) is 0 Å². The predicted octanol–water partition coefficient (Wildman–Crippen LogP) is 5.49. The van der Waals surface area contributed by atoms with E-state index >= 15 is 0 Å². The minimum absolute atomic E-state index is 0.124. The summed E-state index contributed by atoms with van der Waals surface area (Å²) in [6.07, 6.45) is 5.22. The van der Waals surface area contributed by atoms with Gasteiger partial charge in [-0.1, -0.05) is 43.1 Å². The van der Waals surface area contributed by atoms with Crippen molar-refractivity contribution in [2.45, 2.75) is 51.9 Å².